The summed E-state index contributed by atoms with van der Waals surface area (Å²) in [4.78, 5) is 9.63. The molecule has 27 heavy (non-hydrogen) atoms. The summed E-state index contributed by atoms with van der Waals surface area (Å²) in [6.07, 6.45) is 4.98. The van der Waals surface area contributed by atoms with Crippen molar-refractivity contribution in [3.8, 4) is 0 Å². The predicted octanol–water partition coefficient (Wildman–Crippen LogP) is 1.77. The first-order valence-corrected chi connectivity index (χ1v) is 10.3. The number of hydrogen-bond acceptors (Lipinski definition) is 5. The smallest absolute Gasteiger partial charge is 0.191 e. The molecular weight excluding hydrogens is 342 g/mol. The number of furan rings is 1. The van der Waals surface area contributed by atoms with Crippen molar-refractivity contribution in [1.82, 2.24) is 20.4 Å². The van der Waals surface area contributed by atoms with Gasteiger partial charge in [0.2, 0.25) is 0 Å². The Bertz CT molecular complexity index is 506. The number of aliphatic imine (C=N–C) groups is 1. The van der Waals surface area contributed by atoms with Crippen LogP contribution in [0.25, 0.3) is 0 Å². The van der Waals surface area contributed by atoms with Gasteiger partial charge in [0.1, 0.15) is 12.4 Å². The maximum atomic E-state index is 5.59. The Morgan fingerprint density at radius 3 is 2.96 bits per heavy atom. The van der Waals surface area contributed by atoms with Crippen LogP contribution in [0.3, 0.4) is 0 Å². The van der Waals surface area contributed by atoms with Crippen molar-refractivity contribution in [3.05, 3.63) is 24.2 Å². The normalized spacial score (nSPS) is 17.0. The van der Waals surface area contributed by atoms with Gasteiger partial charge in [0, 0.05) is 39.3 Å². The highest BCUT2D eigenvalue weighted by Crippen LogP contribution is 2.02. The van der Waals surface area contributed by atoms with Crippen molar-refractivity contribution in [2.45, 2.75) is 32.8 Å². The molecule has 2 N–H and O–H groups in total. The second-order valence-corrected chi connectivity index (χ2v) is 7.02. The molecule has 0 unspecified atom stereocenters. The average molecular weight is 380 g/mol. The Labute approximate surface area is 164 Å². The minimum Gasteiger partial charge on any atom is -0.467 e. The lowest BCUT2D eigenvalue weighted by Crippen LogP contribution is -2.39. The van der Waals surface area contributed by atoms with Crippen molar-refractivity contribution in [2.75, 3.05) is 66.0 Å². The van der Waals surface area contributed by atoms with E-state index in [-0.39, 0.29) is 0 Å². The van der Waals surface area contributed by atoms with E-state index in [2.05, 4.69) is 39.4 Å². The Morgan fingerprint density at radius 2 is 2.15 bits per heavy atom. The van der Waals surface area contributed by atoms with Gasteiger partial charge in [0.25, 0.3) is 0 Å². The van der Waals surface area contributed by atoms with Gasteiger partial charge >= 0.3 is 0 Å². The standard InChI is InChI=1S/C20H37N5O2/c1-3-21-20(23-10-6-16-26-18-19-8-4-17-27-19)22-9-5-12-25-13-7-11-24(2)14-15-25/h4,8,17H,3,5-7,9-16,18H2,1-2H3,(H2,21,22,23). The van der Waals surface area contributed by atoms with E-state index in [1.165, 1.54) is 32.6 Å². The number of nitrogens with one attached hydrogen (secondary N) is 2. The first kappa shape index (κ1) is 21.7. The molecule has 1 fully saturated rings. The van der Waals surface area contributed by atoms with E-state index in [1.807, 2.05) is 12.1 Å². The maximum Gasteiger partial charge on any atom is 0.191 e. The van der Waals surface area contributed by atoms with Gasteiger partial charge in [-0.1, -0.05) is 0 Å². The molecule has 2 heterocycles. The van der Waals surface area contributed by atoms with E-state index >= 15 is 0 Å². The zero-order chi connectivity index (χ0) is 19.2. The summed E-state index contributed by atoms with van der Waals surface area (Å²) < 4.78 is 10.8. The van der Waals surface area contributed by atoms with Crippen LogP contribution in [0, 0.1) is 0 Å². The van der Waals surface area contributed by atoms with Crippen LogP contribution < -0.4 is 10.6 Å². The lowest BCUT2D eigenvalue weighted by molar-refractivity contribution is 0.105. The molecule has 2 rings (SSSR count). The Balaban J connectivity index is 1.54. The van der Waals surface area contributed by atoms with Gasteiger partial charge < -0.3 is 29.6 Å². The summed E-state index contributed by atoms with van der Waals surface area (Å²) in [5.74, 6) is 1.77. The molecule has 0 bridgehead atoms. The second-order valence-electron chi connectivity index (χ2n) is 7.02. The molecule has 7 nitrogen and oxygen atoms in total. The monoisotopic (exact) mass is 379 g/mol. The summed E-state index contributed by atoms with van der Waals surface area (Å²) in [5, 5.41) is 6.76. The molecule has 7 heteroatoms. The first-order chi connectivity index (χ1) is 13.3. The molecule has 0 saturated carbocycles. The van der Waals surface area contributed by atoms with Gasteiger partial charge in [-0.15, -0.1) is 0 Å². The quantitative estimate of drug-likeness (QED) is 0.347. The third kappa shape index (κ3) is 9.79. The Hall–Kier alpha value is -1.57. The van der Waals surface area contributed by atoms with Crippen LogP contribution in [0.1, 0.15) is 31.9 Å². The number of hydrogen-bond donors (Lipinski definition) is 2. The first-order valence-electron chi connectivity index (χ1n) is 10.3. The average Bonchev–Trinajstić information content (AvgIpc) is 3.10. The largest absolute Gasteiger partial charge is 0.467 e. The van der Waals surface area contributed by atoms with Crippen LogP contribution in [-0.4, -0.2) is 81.8 Å². The Kier molecular flexibility index (Phi) is 10.9. The fourth-order valence-electron chi connectivity index (χ4n) is 3.10. The highest BCUT2D eigenvalue weighted by atomic mass is 16.5. The van der Waals surface area contributed by atoms with Crippen molar-refractivity contribution < 1.29 is 9.15 Å². The SMILES string of the molecule is CCNC(=NCCCOCc1ccco1)NCCCN1CCCN(C)CC1. The second kappa shape index (κ2) is 13.6. The van der Waals surface area contributed by atoms with Crippen LogP contribution in [0.5, 0.6) is 0 Å². The van der Waals surface area contributed by atoms with Crippen LogP contribution >= 0.6 is 0 Å². The zero-order valence-corrected chi connectivity index (χ0v) is 17.1. The molecule has 1 aliphatic heterocycles. The van der Waals surface area contributed by atoms with Crippen LogP contribution in [-0.2, 0) is 11.3 Å². The van der Waals surface area contributed by atoms with Crippen molar-refractivity contribution in [3.63, 3.8) is 0 Å². The van der Waals surface area contributed by atoms with Crippen LogP contribution in [0.2, 0.25) is 0 Å². The van der Waals surface area contributed by atoms with E-state index in [9.17, 15) is 0 Å². The van der Waals surface area contributed by atoms with Crippen LogP contribution in [0.15, 0.2) is 27.8 Å². The van der Waals surface area contributed by atoms with Gasteiger partial charge in [-0.05, 0) is 65.0 Å². The highest BCUT2D eigenvalue weighted by molar-refractivity contribution is 5.79. The van der Waals surface area contributed by atoms with Gasteiger partial charge in [-0.3, -0.25) is 4.99 Å². The van der Waals surface area contributed by atoms with Crippen LogP contribution in [0.4, 0.5) is 0 Å². The topological polar surface area (TPSA) is 65.3 Å². The molecule has 1 aliphatic rings. The molecule has 154 valence electrons. The van der Waals surface area contributed by atoms with E-state index in [0.29, 0.717) is 13.2 Å². The summed E-state index contributed by atoms with van der Waals surface area (Å²) >= 11 is 0. The molecule has 1 saturated heterocycles. The summed E-state index contributed by atoms with van der Waals surface area (Å²) in [7, 11) is 2.21. The van der Waals surface area contributed by atoms with E-state index in [1.54, 1.807) is 6.26 Å². The van der Waals surface area contributed by atoms with Crippen molar-refractivity contribution in [2.24, 2.45) is 4.99 Å². The zero-order valence-electron chi connectivity index (χ0n) is 17.1. The number of likely N-dealkylation sites (N-methyl/N-ethyl adjacent to an activating group) is 1. The predicted molar refractivity (Wildman–Crippen MR) is 110 cm³/mol. The summed E-state index contributed by atoms with van der Waals surface area (Å²) in [5.41, 5.74) is 0. The lowest BCUT2D eigenvalue weighted by Gasteiger charge is -2.20. The van der Waals surface area contributed by atoms with Crippen molar-refractivity contribution >= 4 is 5.96 Å². The molecule has 0 spiro atoms. The highest BCUT2D eigenvalue weighted by Gasteiger charge is 2.11. The van der Waals surface area contributed by atoms with E-state index < -0.39 is 0 Å². The van der Waals surface area contributed by atoms with Gasteiger partial charge in [-0.25, -0.2) is 0 Å². The molecule has 1 aromatic heterocycles. The third-order valence-corrected chi connectivity index (χ3v) is 4.64. The minimum atomic E-state index is 0.529. The number of guanidine groups is 1. The van der Waals surface area contributed by atoms with Gasteiger partial charge in [-0.2, -0.15) is 0 Å². The fourth-order valence-corrected chi connectivity index (χ4v) is 3.10. The molecule has 0 amide bonds. The fraction of sp³-hybridized carbons (Fsp3) is 0.750. The minimum absolute atomic E-state index is 0.529. The molecule has 0 radical (unpaired) electrons. The summed E-state index contributed by atoms with van der Waals surface area (Å²) in [6, 6.07) is 3.80. The summed E-state index contributed by atoms with van der Waals surface area (Å²) in [6.45, 7) is 11.8. The van der Waals surface area contributed by atoms with E-state index in [0.717, 1.165) is 50.7 Å². The molecule has 1 aromatic rings. The third-order valence-electron chi connectivity index (χ3n) is 4.64. The van der Waals surface area contributed by atoms with Gasteiger partial charge in [0.15, 0.2) is 5.96 Å². The molecular formula is C20H37N5O2. The Morgan fingerprint density at radius 1 is 1.22 bits per heavy atom. The van der Waals surface area contributed by atoms with Gasteiger partial charge in [0.05, 0.1) is 6.26 Å². The molecule has 0 aromatic carbocycles. The van der Waals surface area contributed by atoms with E-state index in [4.69, 9.17) is 9.15 Å². The lowest BCUT2D eigenvalue weighted by atomic mass is 10.3. The maximum absolute atomic E-state index is 5.59. The van der Waals surface area contributed by atoms with Crippen molar-refractivity contribution in [1.29, 1.82) is 0 Å². The molecule has 0 atom stereocenters. The number of rotatable bonds is 11. The molecule has 0 aliphatic carbocycles. The number of ether oxygens (including phenoxy) is 1. The number of nitrogens with zero attached hydrogens (tertiary/aromatic N) is 3.